The fraction of sp³-hybridized carbons (Fsp3) is 0.583. The summed E-state index contributed by atoms with van der Waals surface area (Å²) in [6.45, 7) is 6.34. The van der Waals surface area contributed by atoms with Crippen LogP contribution in [0.1, 0.15) is 38.8 Å². The lowest BCUT2D eigenvalue weighted by Gasteiger charge is -2.25. The molecule has 3 nitrogen and oxygen atoms in total. The predicted molar refractivity (Wildman–Crippen MR) is 65.0 cm³/mol. The average Bonchev–Trinajstić information content (AvgIpc) is 2.27. The van der Waals surface area contributed by atoms with E-state index in [9.17, 15) is 0 Å². The third kappa shape index (κ3) is 2.93. The van der Waals surface area contributed by atoms with Gasteiger partial charge in [-0.25, -0.2) is 4.98 Å². The van der Waals surface area contributed by atoms with Crippen molar-refractivity contribution in [3.05, 3.63) is 23.9 Å². The Labute approximate surface area is 92.3 Å². The van der Waals surface area contributed by atoms with Crippen LogP contribution < -0.4 is 10.6 Å². The highest BCUT2D eigenvalue weighted by molar-refractivity contribution is 5.39. The zero-order valence-corrected chi connectivity index (χ0v) is 10.1. The van der Waals surface area contributed by atoms with Crippen LogP contribution in [0.25, 0.3) is 0 Å². The van der Waals surface area contributed by atoms with Crippen LogP contribution >= 0.6 is 0 Å². The maximum absolute atomic E-state index is 5.77. The summed E-state index contributed by atoms with van der Waals surface area (Å²) in [5.41, 5.74) is 6.85. The molecule has 0 aliphatic carbocycles. The predicted octanol–water partition coefficient (Wildman–Crippen LogP) is 2.34. The second-order valence-corrected chi connectivity index (χ2v) is 4.11. The molecule has 0 spiro atoms. The van der Waals surface area contributed by atoms with E-state index in [4.69, 9.17) is 5.73 Å². The summed E-state index contributed by atoms with van der Waals surface area (Å²) in [6, 6.07) is 4.65. The van der Waals surface area contributed by atoms with Crippen molar-refractivity contribution in [3.8, 4) is 0 Å². The zero-order valence-electron chi connectivity index (χ0n) is 10.1. The highest BCUT2D eigenvalue weighted by Gasteiger charge is 2.09. The highest BCUT2D eigenvalue weighted by atomic mass is 15.2. The second-order valence-electron chi connectivity index (χ2n) is 4.11. The SMILES string of the molecule is CCC(C)N(C)c1ccc([C@@H](C)N)cn1. The van der Waals surface area contributed by atoms with Gasteiger partial charge in [-0.3, -0.25) is 0 Å². The maximum Gasteiger partial charge on any atom is 0.128 e. The van der Waals surface area contributed by atoms with Crippen molar-refractivity contribution in [2.24, 2.45) is 5.73 Å². The highest BCUT2D eigenvalue weighted by Crippen LogP contribution is 2.16. The molecule has 0 aromatic carbocycles. The Kier molecular flexibility index (Phi) is 4.09. The van der Waals surface area contributed by atoms with E-state index >= 15 is 0 Å². The van der Waals surface area contributed by atoms with Gasteiger partial charge < -0.3 is 10.6 Å². The Bertz CT molecular complexity index is 292. The molecule has 0 fully saturated rings. The molecule has 0 amide bonds. The van der Waals surface area contributed by atoms with Crippen LogP contribution in [0, 0.1) is 0 Å². The van der Waals surface area contributed by atoms with E-state index in [0.29, 0.717) is 6.04 Å². The fourth-order valence-corrected chi connectivity index (χ4v) is 1.38. The van der Waals surface area contributed by atoms with Gasteiger partial charge in [-0.05, 0) is 31.9 Å². The number of anilines is 1. The Morgan fingerprint density at radius 2 is 2.07 bits per heavy atom. The second kappa shape index (κ2) is 5.12. The molecule has 0 aliphatic heterocycles. The van der Waals surface area contributed by atoms with E-state index in [1.165, 1.54) is 0 Å². The Hall–Kier alpha value is -1.09. The van der Waals surface area contributed by atoms with E-state index in [0.717, 1.165) is 17.8 Å². The van der Waals surface area contributed by atoms with E-state index < -0.39 is 0 Å². The molecule has 0 aliphatic rings. The van der Waals surface area contributed by atoms with Gasteiger partial charge in [0.05, 0.1) is 0 Å². The minimum atomic E-state index is 0.0560. The van der Waals surface area contributed by atoms with E-state index in [-0.39, 0.29) is 6.04 Å². The number of rotatable bonds is 4. The van der Waals surface area contributed by atoms with Gasteiger partial charge in [0.15, 0.2) is 0 Å². The number of hydrogen-bond acceptors (Lipinski definition) is 3. The van der Waals surface area contributed by atoms with Crippen LogP contribution in [-0.4, -0.2) is 18.1 Å². The Morgan fingerprint density at radius 1 is 1.40 bits per heavy atom. The normalized spacial score (nSPS) is 14.7. The molecule has 2 atom stereocenters. The topological polar surface area (TPSA) is 42.1 Å². The standard InChI is InChI=1S/C12H21N3/c1-5-9(2)15(4)12-7-6-11(8-14-12)10(3)13/h6-10H,5,13H2,1-4H3/t9?,10-/m1/s1. The molecule has 1 heterocycles. The lowest BCUT2D eigenvalue weighted by Crippen LogP contribution is -2.28. The number of pyridine rings is 1. The molecule has 1 aromatic rings. The van der Waals surface area contributed by atoms with Crippen LogP contribution in [0.2, 0.25) is 0 Å². The lowest BCUT2D eigenvalue weighted by atomic mass is 10.1. The van der Waals surface area contributed by atoms with E-state index in [1.54, 1.807) is 0 Å². The summed E-state index contributed by atoms with van der Waals surface area (Å²) >= 11 is 0. The van der Waals surface area contributed by atoms with Crippen LogP contribution in [0.5, 0.6) is 0 Å². The smallest absolute Gasteiger partial charge is 0.128 e. The molecule has 1 unspecified atom stereocenters. The Morgan fingerprint density at radius 3 is 2.47 bits per heavy atom. The average molecular weight is 207 g/mol. The number of aromatic nitrogens is 1. The first-order valence-electron chi connectivity index (χ1n) is 5.50. The minimum absolute atomic E-state index is 0.0560. The van der Waals surface area contributed by atoms with Crippen LogP contribution in [0.3, 0.4) is 0 Å². The molecule has 1 aromatic heterocycles. The van der Waals surface area contributed by atoms with Crippen molar-refractivity contribution in [2.75, 3.05) is 11.9 Å². The minimum Gasteiger partial charge on any atom is -0.357 e. The largest absolute Gasteiger partial charge is 0.357 e. The van der Waals surface area contributed by atoms with Gasteiger partial charge in [-0.2, -0.15) is 0 Å². The van der Waals surface area contributed by atoms with Crippen molar-refractivity contribution in [2.45, 2.75) is 39.3 Å². The van der Waals surface area contributed by atoms with Crippen LogP contribution in [-0.2, 0) is 0 Å². The summed E-state index contributed by atoms with van der Waals surface area (Å²) in [7, 11) is 2.07. The first-order valence-corrected chi connectivity index (χ1v) is 5.50. The summed E-state index contributed by atoms with van der Waals surface area (Å²) in [4.78, 5) is 6.60. The molecule has 2 N–H and O–H groups in total. The van der Waals surface area contributed by atoms with Crippen molar-refractivity contribution in [3.63, 3.8) is 0 Å². The van der Waals surface area contributed by atoms with Gasteiger partial charge in [0.2, 0.25) is 0 Å². The molecule has 1 rings (SSSR count). The lowest BCUT2D eigenvalue weighted by molar-refractivity contribution is 0.656. The number of nitrogens with two attached hydrogens (primary N) is 1. The van der Waals surface area contributed by atoms with Gasteiger partial charge in [0.1, 0.15) is 5.82 Å². The first kappa shape index (κ1) is 12.0. The van der Waals surface area contributed by atoms with E-state index in [1.807, 2.05) is 25.3 Å². The summed E-state index contributed by atoms with van der Waals surface area (Å²) in [5.74, 6) is 1.01. The van der Waals surface area contributed by atoms with Gasteiger partial charge in [0, 0.05) is 25.3 Å². The molecular weight excluding hydrogens is 186 g/mol. The molecule has 0 radical (unpaired) electrons. The van der Waals surface area contributed by atoms with E-state index in [2.05, 4.69) is 30.8 Å². The van der Waals surface area contributed by atoms with Crippen molar-refractivity contribution >= 4 is 5.82 Å². The number of hydrogen-bond donors (Lipinski definition) is 1. The van der Waals surface area contributed by atoms with Crippen molar-refractivity contribution in [1.82, 2.24) is 4.98 Å². The third-order valence-corrected chi connectivity index (χ3v) is 2.91. The molecular formula is C12H21N3. The van der Waals surface area contributed by atoms with Gasteiger partial charge in [-0.1, -0.05) is 13.0 Å². The van der Waals surface area contributed by atoms with Gasteiger partial charge in [0.25, 0.3) is 0 Å². The van der Waals surface area contributed by atoms with Crippen molar-refractivity contribution in [1.29, 1.82) is 0 Å². The summed E-state index contributed by atoms with van der Waals surface area (Å²) in [5, 5.41) is 0. The Balaban J connectivity index is 2.79. The quantitative estimate of drug-likeness (QED) is 0.824. The fourth-order valence-electron chi connectivity index (χ4n) is 1.38. The van der Waals surface area contributed by atoms with Gasteiger partial charge >= 0.3 is 0 Å². The molecule has 3 heteroatoms. The van der Waals surface area contributed by atoms with Crippen LogP contribution in [0.4, 0.5) is 5.82 Å². The molecule has 0 bridgehead atoms. The molecule has 0 saturated carbocycles. The summed E-state index contributed by atoms with van der Waals surface area (Å²) in [6.07, 6.45) is 2.98. The number of nitrogens with zero attached hydrogens (tertiary/aromatic N) is 2. The zero-order chi connectivity index (χ0) is 11.4. The monoisotopic (exact) mass is 207 g/mol. The molecule has 84 valence electrons. The molecule has 0 saturated heterocycles. The van der Waals surface area contributed by atoms with Crippen molar-refractivity contribution < 1.29 is 0 Å². The van der Waals surface area contributed by atoms with Crippen LogP contribution in [0.15, 0.2) is 18.3 Å². The van der Waals surface area contributed by atoms with Gasteiger partial charge in [-0.15, -0.1) is 0 Å². The molecule has 15 heavy (non-hydrogen) atoms. The summed E-state index contributed by atoms with van der Waals surface area (Å²) < 4.78 is 0. The third-order valence-electron chi connectivity index (χ3n) is 2.91. The first-order chi connectivity index (χ1) is 7.06. The maximum atomic E-state index is 5.77.